The van der Waals surface area contributed by atoms with Crippen LogP contribution in [0.25, 0.3) is 0 Å². The van der Waals surface area contributed by atoms with Gasteiger partial charge in [0.1, 0.15) is 0 Å². The molecule has 1 aromatic rings. The van der Waals surface area contributed by atoms with Crippen molar-refractivity contribution >= 4 is 17.8 Å². The van der Waals surface area contributed by atoms with Crippen molar-refractivity contribution in [2.24, 2.45) is 28.3 Å². The normalized spacial score (nSPS) is 15.7. The van der Waals surface area contributed by atoms with Gasteiger partial charge in [-0.25, -0.2) is 0 Å². The van der Waals surface area contributed by atoms with Crippen LogP contribution >= 0.6 is 0 Å². The monoisotopic (exact) mass is 446 g/mol. The zero-order valence-corrected chi connectivity index (χ0v) is 19.4. The van der Waals surface area contributed by atoms with Crippen LogP contribution in [0.4, 0.5) is 0 Å². The molecular formula is C24H38N4O4. The molecule has 0 radical (unpaired) electrons. The molecule has 178 valence electrons. The summed E-state index contributed by atoms with van der Waals surface area (Å²) < 4.78 is 10.2. The van der Waals surface area contributed by atoms with Crippen LogP contribution in [0.5, 0.6) is 11.5 Å². The number of nitrogens with two attached hydrogens (primary N) is 2. The van der Waals surface area contributed by atoms with Gasteiger partial charge < -0.3 is 26.3 Å². The van der Waals surface area contributed by atoms with Gasteiger partial charge in [0.05, 0.1) is 20.6 Å². The van der Waals surface area contributed by atoms with Crippen molar-refractivity contribution in [2.75, 3.05) is 20.8 Å². The van der Waals surface area contributed by atoms with Crippen molar-refractivity contribution in [3.05, 3.63) is 23.8 Å². The van der Waals surface area contributed by atoms with E-state index in [0.29, 0.717) is 11.5 Å². The molecule has 5 N–H and O–H groups in total. The number of ether oxygens (including phenoxy) is 2. The largest absolute Gasteiger partial charge is 0.493 e. The molecule has 0 heterocycles. The number of hydrogen-bond acceptors (Lipinski definition) is 4. The highest BCUT2D eigenvalue weighted by Gasteiger charge is 2.22. The maximum absolute atomic E-state index is 11.5. The summed E-state index contributed by atoms with van der Waals surface area (Å²) in [6.45, 7) is 0.934. The lowest BCUT2D eigenvalue weighted by molar-refractivity contribution is -0.121. The Morgan fingerprint density at radius 3 is 2.28 bits per heavy atom. The van der Waals surface area contributed by atoms with Crippen LogP contribution < -0.4 is 26.3 Å². The van der Waals surface area contributed by atoms with E-state index in [1.165, 1.54) is 52.1 Å². The van der Waals surface area contributed by atoms with E-state index < -0.39 is 5.91 Å². The molecule has 32 heavy (non-hydrogen) atoms. The first kappa shape index (κ1) is 25.5. The predicted octanol–water partition coefficient (Wildman–Crippen LogP) is 2.92. The van der Waals surface area contributed by atoms with E-state index in [-0.39, 0.29) is 18.3 Å². The highest BCUT2D eigenvalue weighted by molar-refractivity contribution is 5.92. The van der Waals surface area contributed by atoms with Crippen LogP contribution in [0, 0.1) is 11.8 Å². The topological polar surface area (TPSA) is 129 Å². The fourth-order valence-electron chi connectivity index (χ4n) is 3.83. The molecule has 2 saturated carbocycles. The summed E-state index contributed by atoms with van der Waals surface area (Å²) in [4.78, 5) is 26.3. The average molecular weight is 447 g/mol. The molecule has 0 atom stereocenters. The van der Waals surface area contributed by atoms with E-state index in [1.54, 1.807) is 25.3 Å². The fourth-order valence-corrected chi connectivity index (χ4v) is 3.83. The quantitative estimate of drug-likeness (QED) is 0.395. The summed E-state index contributed by atoms with van der Waals surface area (Å²) in [5.74, 6) is 2.45. The molecule has 8 heteroatoms. The second-order valence-electron chi connectivity index (χ2n) is 8.59. The van der Waals surface area contributed by atoms with E-state index in [9.17, 15) is 9.59 Å². The molecule has 2 aliphatic carbocycles. The van der Waals surface area contributed by atoms with Crippen LogP contribution in [0.2, 0.25) is 0 Å². The first-order valence-corrected chi connectivity index (χ1v) is 11.5. The molecular weight excluding hydrogens is 408 g/mol. The van der Waals surface area contributed by atoms with E-state index in [2.05, 4.69) is 10.3 Å². The van der Waals surface area contributed by atoms with Crippen LogP contribution in [0.3, 0.4) is 0 Å². The lowest BCUT2D eigenvalue weighted by atomic mass is 9.86. The van der Waals surface area contributed by atoms with Gasteiger partial charge in [-0.2, -0.15) is 4.99 Å². The molecule has 2 amide bonds. The zero-order chi connectivity index (χ0) is 23.3. The lowest BCUT2D eigenvalue weighted by Crippen LogP contribution is -2.26. The Morgan fingerprint density at radius 1 is 1.00 bits per heavy atom. The number of guanidine groups is 1. The lowest BCUT2D eigenvalue weighted by Gasteiger charge is -2.20. The van der Waals surface area contributed by atoms with E-state index >= 15 is 0 Å². The number of benzene rings is 1. The molecule has 0 aromatic heterocycles. The Labute approximate surface area is 191 Å². The first-order valence-electron chi connectivity index (χ1n) is 11.5. The third kappa shape index (κ3) is 10.0. The Bertz CT molecular complexity index is 767. The number of rotatable bonds is 9. The molecule has 2 fully saturated rings. The van der Waals surface area contributed by atoms with Gasteiger partial charge in [-0.15, -0.1) is 0 Å². The minimum atomic E-state index is -0.405. The molecule has 3 rings (SSSR count). The van der Waals surface area contributed by atoms with Gasteiger partial charge in [-0.1, -0.05) is 38.2 Å². The summed E-state index contributed by atoms with van der Waals surface area (Å²) in [5, 5.41) is 3.05. The molecule has 1 aromatic carbocycles. The average Bonchev–Trinajstić information content (AvgIpc) is 3.61. The Hall–Kier alpha value is -2.77. The van der Waals surface area contributed by atoms with Crippen LogP contribution in [0.1, 0.15) is 63.4 Å². The summed E-state index contributed by atoms with van der Waals surface area (Å²) in [6.07, 6.45) is 11.5. The van der Waals surface area contributed by atoms with Crippen molar-refractivity contribution in [1.82, 2.24) is 5.32 Å². The smallest absolute Gasteiger partial charge is 0.253 e. The number of nitrogens with one attached hydrogen (secondary N) is 1. The van der Waals surface area contributed by atoms with Crippen molar-refractivity contribution < 1.29 is 19.1 Å². The second kappa shape index (κ2) is 13.6. The molecule has 2 aliphatic rings. The highest BCUT2D eigenvalue weighted by atomic mass is 16.5. The van der Waals surface area contributed by atoms with E-state index in [4.69, 9.17) is 20.9 Å². The minimum Gasteiger partial charge on any atom is -0.493 e. The van der Waals surface area contributed by atoms with Crippen molar-refractivity contribution in [3.8, 4) is 11.5 Å². The molecule has 0 spiro atoms. The minimum absolute atomic E-state index is 0.109. The standard InChI is InChI=1S/C13H23NO.C11H15N3O3/c15-13(14-10-12-6-7-12)9-8-11-4-2-1-3-5-11;1-16-8-4-3-7(5-9(8)17-2)6-10(15)14-11(12)13/h11-12H,1-10H2,(H,14,15);3-5H,6H2,1-2H3,(H4,12,13,14,15). The zero-order valence-electron chi connectivity index (χ0n) is 19.4. The van der Waals surface area contributed by atoms with Gasteiger partial charge in [-0.05, 0) is 48.8 Å². The molecule has 8 nitrogen and oxygen atoms in total. The third-order valence-electron chi connectivity index (χ3n) is 5.85. The summed E-state index contributed by atoms with van der Waals surface area (Å²) >= 11 is 0. The van der Waals surface area contributed by atoms with Crippen LogP contribution in [0.15, 0.2) is 23.2 Å². The number of nitrogens with zero attached hydrogens (tertiary/aromatic N) is 1. The SMILES string of the molecule is COc1ccc(CC(=O)N=C(N)N)cc1OC.O=C(CCC1CCCCC1)NCC1CC1. The Balaban J connectivity index is 0.000000228. The number of hydrogen-bond donors (Lipinski definition) is 3. The molecule has 0 unspecified atom stereocenters. The third-order valence-corrected chi connectivity index (χ3v) is 5.85. The first-order chi connectivity index (χ1) is 15.4. The number of carbonyl (C=O) groups excluding carboxylic acids is 2. The van der Waals surface area contributed by atoms with Crippen LogP contribution in [-0.4, -0.2) is 38.5 Å². The number of amides is 2. The van der Waals surface area contributed by atoms with Crippen molar-refractivity contribution in [2.45, 2.75) is 64.2 Å². The van der Waals surface area contributed by atoms with Gasteiger partial charge in [-0.3, -0.25) is 9.59 Å². The second-order valence-corrected chi connectivity index (χ2v) is 8.59. The summed E-state index contributed by atoms with van der Waals surface area (Å²) in [7, 11) is 3.07. The fraction of sp³-hybridized carbons (Fsp3) is 0.625. The van der Waals surface area contributed by atoms with E-state index in [1.807, 2.05) is 0 Å². The molecule has 0 aliphatic heterocycles. The Morgan fingerprint density at radius 2 is 1.69 bits per heavy atom. The van der Waals surface area contributed by atoms with Crippen LogP contribution in [-0.2, 0) is 16.0 Å². The number of carbonyl (C=O) groups is 2. The van der Waals surface area contributed by atoms with Gasteiger partial charge in [0.15, 0.2) is 17.5 Å². The maximum Gasteiger partial charge on any atom is 0.253 e. The van der Waals surface area contributed by atoms with Gasteiger partial charge in [0.25, 0.3) is 5.91 Å². The Kier molecular flexibility index (Phi) is 10.8. The molecule has 0 bridgehead atoms. The van der Waals surface area contributed by atoms with Crippen molar-refractivity contribution in [1.29, 1.82) is 0 Å². The molecule has 0 saturated heterocycles. The predicted molar refractivity (Wildman–Crippen MR) is 126 cm³/mol. The van der Waals surface area contributed by atoms with E-state index in [0.717, 1.165) is 36.8 Å². The summed E-state index contributed by atoms with van der Waals surface area (Å²) in [5.41, 5.74) is 11.0. The number of aliphatic imine (C=N–C) groups is 1. The van der Waals surface area contributed by atoms with Gasteiger partial charge in [0, 0.05) is 13.0 Å². The van der Waals surface area contributed by atoms with Gasteiger partial charge >= 0.3 is 0 Å². The summed E-state index contributed by atoms with van der Waals surface area (Å²) in [6, 6.07) is 5.18. The highest BCUT2D eigenvalue weighted by Crippen LogP contribution is 2.29. The van der Waals surface area contributed by atoms with Gasteiger partial charge in [0.2, 0.25) is 5.91 Å². The number of methoxy groups -OCH3 is 2. The maximum atomic E-state index is 11.5. The van der Waals surface area contributed by atoms with Crippen molar-refractivity contribution in [3.63, 3.8) is 0 Å².